The highest BCUT2D eigenvalue weighted by Crippen LogP contribution is 2.33. The number of fused-ring (bicyclic) bond motifs is 1. The van der Waals surface area contributed by atoms with Crippen molar-refractivity contribution in [3.05, 3.63) is 15.6 Å². The molecule has 4 nitrogen and oxygen atoms in total. The van der Waals surface area contributed by atoms with Crippen LogP contribution in [0.25, 0.3) is 0 Å². The van der Waals surface area contributed by atoms with Gasteiger partial charge < -0.3 is 0 Å². The molecule has 1 aromatic rings. The van der Waals surface area contributed by atoms with E-state index in [1.54, 1.807) is 0 Å². The molecular weight excluding hydrogens is 329 g/mol. The van der Waals surface area contributed by atoms with E-state index in [1.807, 2.05) is 11.1 Å². The fourth-order valence-corrected chi connectivity index (χ4v) is 3.15. The van der Waals surface area contributed by atoms with Crippen LogP contribution in [0, 0.1) is 3.83 Å². The topological polar surface area (TPSA) is 46.1 Å². The zero-order valence-electron chi connectivity index (χ0n) is 9.53. The minimum Gasteiger partial charge on any atom is -0.293 e. The van der Waals surface area contributed by atoms with Crippen LogP contribution in [-0.4, -0.2) is 21.9 Å². The second-order valence-corrected chi connectivity index (χ2v) is 5.65. The van der Waals surface area contributed by atoms with Crippen LogP contribution in [0.2, 0.25) is 0 Å². The Labute approximate surface area is 114 Å². The van der Waals surface area contributed by atoms with Crippen LogP contribution < -0.4 is 4.90 Å². The molecule has 0 radical (unpaired) electrons. The van der Waals surface area contributed by atoms with E-state index in [1.165, 1.54) is 12.8 Å². The minimum atomic E-state index is 0.235. The van der Waals surface area contributed by atoms with Gasteiger partial charge >= 0.3 is 0 Å². The summed E-state index contributed by atoms with van der Waals surface area (Å²) in [6.07, 6.45) is 7.95. The van der Waals surface area contributed by atoms with Gasteiger partial charge in [-0.2, -0.15) is 0 Å². The van der Waals surface area contributed by atoms with Crippen molar-refractivity contribution in [2.75, 3.05) is 4.90 Å². The molecule has 1 fully saturated rings. The molecule has 1 aromatic heterocycles. The minimum absolute atomic E-state index is 0.235. The zero-order valence-corrected chi connectivity index (χ0v) is 11.7. The predicted molar refractivity (Wildman–Crippen MR) is 72.8 cm³/mol. The van der Waals surface area contributed by atoms with Crippen molar-refractivity contribution in [2.45, 2.75) is 44.6 Å². The van der Waals surface area contributed by atoms with Gasteiger partial charge in [-0.15, -0.1) is 0 Å². The van der Waals surface area contributed by atoms with E-state index in [-0.39, 0.29) is 5.91 Å². The highest BCUT2D eigenvalue weighted by molar-refractivity contribution is 14.1. The molecule has 0 aromatic carbocycles. The standard InChI is InChI=1S/C12H14IN3O/c13-12-14-7-8-5-6-10(17)16(11(8)15-12)9-3-1-2-4-9/h7,9H,1-6H2. The van der Waals surface area contributed by atoms with Crippen LogP contribution in [0.1, 0.15) is 37.7 Å². The normalized spacial score (nSPS) is 20.8. The molecule has 0 bridgehead atoms. The lowest BCUT2D eigenvalue weighted by Gasteiger charge is -2.32. The summed E-state index contributed by atoms with van der Waals surface area (Å²) in [4.78, 5) is 22.7. The van der Waals surface area contributed by atoms with Crippen LogP contribution in [0.15, 0.2) is 6.20 Å². The van der Waals surface area contributed by atoms with Crippen LogP contribution in [0.4, 0.5) is 5.82 Å². The number of halogens is 1. The molecule has 2 heterocycles. The monoisotopic (exact) mass is 343 g/mol. The average molecular weight is 343 g/mol. The lowest BCUT2D eigenvalue weighted by Crippen LogP contribution is -2.42. The van der Waals surface area contributed by atoms with E-state index in [0.717, 1.165) is 34.5 Å². The first-order valence-electron chi connectivity index (χ1n) is 6.09. The van der Waals surface area contributed by atoms with Crippen molar-refractivity contribution in [3.8, 4) is 0 Å². The molecular formula is C12H14IN3O. The molecule has 0 atom stereocenters. The van der Waals surface area contributed by atoms with E-state index in [4.69, 9.17) is 0 Å². The van der Waals surface area contributed by atoms with Gasteiger partial charge in [0.1, 0.15) is 5.82 Å². The number of hydrogen-bond acceptors (Lipinski definition) is 3. The number of carbonyl (C=O) groups is 1. The number of amides is 1. The Morgan fingerprint density at radius 1 is 1.29 bits per heavy atom. The van der Waals surface area contributed by atoms with Crippen LogP contribution >= 0.6 is 22.6 Å². The Kier molecular flexibility index (Phi) is 3.02. The van der Waals surface area contributed by atoms with Gasteiger partial charge in [-0.25, -0.2) is 9.97 Å². The molecule has 90 valence electrons. The van der Waals surface area contributed by atoms with Gasteiger partial charge in [0.05, 0.1) is 0 Å². The number of carbonyl (C=O) groups excluding carboxylic acids is 1. The lowest BCUT2D eigenvalue weighted by molar-refractivity contribution is -0.119. The van der Waals surface area contributed by atoms with Crippen molar-refractivity contribution in [3.63, 3.8) is 0 Å². The van der Waals surface area contributed by atoms with Crippen LogP contribution in [-0.2, 0) is 11.2 Å². The smallest absolute Gasteiger partial charge is 0.228 e. The summed E-state index contributed by atoms with van der Waals surface area (Å²) < 4.78 is 0.721. The van der Waals surface area contributed by atoms with Crippen molar-refractivity contribution < 1.29 is 4.79 Å². The molecule has 2 aliphatic rings. The molecule has 17 heavy (non-hydrogen) atoms. The van der Waals surface area contributed by atoms with Crippen molar-refractivity contribution in [2.24, 2.45) is 0 Å². The molecule has 3 rings (SSSR count). The van der Waals surface area contributed by atoms with Crippen LogP contribution in [0.3, 0.4) is 0 Å². The number of rotatable bonds is 1. The van der Waals surface area contributed by atoms with E-state index in [0.29, 0.717) is 12.5 Å². The third-order valence-electron chi connectivity index (χ3n) is 3.61. The van der Waals surface area contributed by atoms with Crippen LogP contribution in [0.5, 0.6) is 0 Å². The van der Waals surface area contributed by atoms with Gasteiger partial charge in [0.2, 0.25) is 5.91 Å². The third-order valence-corrected chi connectivity index (χ3v) is 4.13. The highest BCUT2D eigenvalue weighted by atomic mass is 127. The summed E-state index contributed by atoms with van der Waals surface area (Å²) in [7, 11) is 0. The number of anilines is 1. The SMILES string of the molecule is O=C1CCc2cnc(I)nc2N1C1CCCC1. The quantitative estimate of drug-likeness (QED) is 0.581. The zero-order chi connectivity index (χ0) is 11.8. The van der Waals surface area contributed by atoms with Crippen molar-refractivity contribution >= 4 is 34.3 Å². The van der Waals surface area contributed by atoms with Gasteiger partial charge in [0, 0.05) is 46.8 Å². The molecule has 1 aliphatic carbocycles. The third kappa shape index (κ3) is 2.05. The largest absolute Gasteiger partial charge is 0.293 e. The van der Waals surface area contributed by atoms with Gasteiger partial charge in [-0.05, 0) is 19.3 Å². The van der Waals surface area contributed by atoms with Gasteiger partial charge in [-0.3, -0.25) is 9.69 Å². The highest BCUT2D eigenvalue weighted by Gasteiger charge is 2.33. The summed E-state index contributed by atoms with van der Waals surface area (Å²) in [5.41, 5.74) is 1.12. The maximum Gasteiger partial charge on any atom is 0.228 e. The molecule has 5 heteroatoms. The Bertz CT molecular complexity index is 457. The summed E-state index contributed by atoms with van der Waals surface area (Å²) in [6.45, 7) is 0. The maximum atomic E-state index is 12.1. The van der Waals surface area contributed by atoms with Gasteiger partial charge in [0.25, 0.3) is 0 Å². The molecule has 0 spiro atoms. The Morgan fingerprint density at radius 2 is 2.06 bits per heavy atom. The fraction of sp³-hybridized carbons (Fsp3) is 0.583. The Hall–Kier alpha value is -0.720. The maximum absolute atomic E-state index is 12.1. The molecule has 1 amide bonds. The number of nitrogens with zero attached hydrogens (tertiary/aromatic N) is 3. The molecule has 0 saturated heterocycles. The Morgan fingerprint density at radius 3 is 2.82 bits per heavy atom. The first-order chi connectivity index (χ1) is 8.25. The summed E-state index contributed by atoms with van der Waals surface area (Å²) in [6, 6.07) is 0.368. The average Bonchev–Trinajstić information content (AvgIpc) is 2.82. The molecule has 0 unspecified atom stereocenters. The Balaban J connectivity index is 2.02. The van der Waals surface area contributed by atoms with Crippen molar-refractivity contribution in [1.29, 1.82) is 0 Å². The summed E-state index contributed by atoms with van der Waals surface area (Å²) in [5.74, 6) is 1.10. The van der Waals surface area contributed by atoms with Gasteiger partial charge in [-0.1, -0.05) is 12.8 Å². The predicted octanol–water partition coefficient (Wildman–Crippen LogP) is 2.30. The molecule has 1 saturated carbocycles. The summed E-state index contributed by atoms with van der Waals surface area (Å²) in [5, 5.41) is 0. The first-order valence-corrected chi connectivity index (χ1v) is 7.17. The van der Waals surface area contributed by atoms with E-state index in [9.17, 15) is 4.79 Å². The van der Waals surface area contributed by atoms with Crippen molar-refractivity contribution in [1.82, 2.24) is 9.97 Å². The second kappa shape index (κ2) is 4.51. The fourth-order valence-electron chi connectivity index (χ4n) is 2.78. The first kappa shape index (κ1) is 11.4. The summed E-state index contributed by atoms with van der Waals surface area (Å²) >= 11 is 2.11. The molecule has 0 N–H and O–H groups in total. The lowest BCUT2D eigenvalue weighted by atomic mass is 10.0. The van der Waals surface area contributed by atoms with E-state index < -0.39 is 0 Å². The number of aryl methyl sites for hydroxylation is 1. The number of hydrogen-bond donors (Lipinski definition) is 0. The second-order valence-electron chi connectivity index (χ2n) is 4.69. The van der Waals surface area contributed by atoms with E-state index in [2.05, 4.69) is 32.6 Å². The molecule has 1 aliphatic heterocycles. The number of aromatic nitrogens is 2. The van der Waals surface area contributed by atoms with Gasteiger partial charge in [0.15, 0.2) is 3.83 Å². The van der Waals surface area contributed by atoms with E-state index >= 15 is 0 Å².